The highest BCUT2D eigenvalue weighted by Crippen LogP contribution is 2.29. The summed E-state index contributed by atoms with van der Waals surface area (Å²) in [6.07, 6.45) is 18.7. The van der Waals surface area contributed by atoms with Gasteiger partial charge < -0.3 is 5.11 Å². The van der Waals surface area contributed by atoms with E-state index < -0.39 is 0 Å². The molecule has 0 saturated carbocycles. The largest absolute Gasteiger partial charge is 0.505 e. The van der Waals surface area contributed by atoms with E-state index in [2.05, 4.69) is 30.1 Å². The van der Waals surface area contributed by atoms with Crippen LogP contribution < -0.4 is 0 Å². The second-order valence-corrected chi connectivity index (χ2v) is 9.32. The number of phenols is 1. The van der Waals surface area contributed by atoms with Gasteiger partial charge in [0.15, 0.2) is 0 Å². The standard InChI is InChI=1S/C29H41N3O/c1-3-4-5-6-7-8-9-10-11-12-13-15-20-26-21-24(2)22-28(29(26)33)32-30-23-27(31-32)25-18-16-14-17-19-25/h14,16-19,21-23,33H,3-13,15,20H2,1-2H3. The minimum atomic E-state index is 0.305. The van der Waals surface area contributed by atoms with E-state index >= 15 is 0 Å². The zero-order chi connectivity index (χ0) is 23.3. The zero-order valence-electron chi connectivity index (χ0n) is 20.6. The van der Waals surface area contributed by atoms with Gasteiger partial charge in [-0.3, -0.25) is 0 Å². The van der Waals surface area contributed by atoms with Gasteiger partial charge in [0.25, 0.3) is 0 Å². The van der Waals surface area contributed by atoms with E-state index in [0.717, 1.165) is 35.2 Å². The van der Waals surface area contributed by atoms with Crippen molar-refractivity contribution in [3.05, 3.63) is 59.8 Å². The number of hydrogen-bond donors (Lipinski definition) is 1. The summed E-state index contributed by atoms with van der Waals surface area (Å²) in [6, 6.07) is 14.1. The number of aryl methyl sites for hydroxylation is 2. The lowest BCUT2D eigenvalue weighted by molar-refractivity contribution is 0.458. The van der Waals surface area contributed by atoms with Crippen molar-refractivity contribution in [1.82, 2.24) is 15.0 Å². The van der Waals surface area contributed by atoms with Gasteiger partial charge in [0.2, 0.25) is 0 Å². The van der Waals surface area contributed by atoms with Crippen molar-refractivity contribution in [2.75, 3.05) is 0 Å². The molecule has 178 valence electrons. The van der Waals surface area contributed by atoms with Gasteiger partial charge in [-0.1, -0.05) is 114 Å². The molecule has 2 aromatic carbocycles. The highest BCUT2D eigenvalue weighted by atomic mass is 16.3. The Morgan fingerprint density at radius 1 is 0.788 bits per heavy atom. The van der Waals surface area contributed by atoms with Crippen LogP contribution in [0.4, 0.5) is 0 Å². The lowest BCUT2D eigenvalue weighted by atomic mass is 10.0. The number of hydrogen-bond acceptors (Lipinski definition) is 3. The Labute approximate surface area is 200 Å². The molecule has 4 heteroatoms. The SMILES string of the molecule is CCCCCCCCCCCCCCc1cc(C)cc(-n2ncc(-c3ccccc3)n2)c1O. The number of benzene rings is 2. The third-order valence-corrected chi connectivity index (χ3v) is 6.39. The van der Waals surface area contributed by atoms with Gasteiger partial charge >= 0.3 is 0 Å². The van der Waals surface area contributed by atoms with Crippen molar-refractivity contribution < 1.29 is 5.11 Å². The molecule has 0 atom stereocenters. The Morgan fingerprint density at radius 2 is 1.39 bits per heavy atom. The van der Waals surface area contributed by atoms with E-state index in [1.54, 1.807) is 11.0 Å². The first kappa shape index (κ1) is 25.0. The van der Waals surface area contributed by atoms with Gasteiger partial charge in [0, 0.05) is 5.56 Å². The molecule has 1 aromatic heterocycles. The topological polar surface area (TPSA) is 50.9 Å². The summed E-state index contributed by atoms with van der Waals surface area (Å²) < 4.78 is 0. The number of nitrogens with zero attached hydrogens (tertiary/aromatic N) is 3. The number of aromatic hydroxyl groups is 1. The van der Waals surface area contributed by atoms with E-state index in [1.165, 1.54) is 70.6 Å². The first-order valence-electron chi connectivity index (χ1n) is 13.0. The Hall–Kier alpha value is -2.62. The van der Waals surface area contributed by atoms with Crippen molar-refractivity contribution >= 4 is 0 Å². The average Bonchev–Trinajstić information content (AvgIpc) is 3.32. The normalized spacial score (nSPS) is 11.2. The van der Waals surface area contributed by atoms with E-state index in [4.69, 9.17) is 0 Å². The fourth-order valence-electron chi connectivity index (χ4n) is 4.45. The van der Waals surface area contributed by atoms with Crippen molar-refractivity contribution in [1.29, 1.82) is 0 Å². The van der Waals surface area contributed by atoms with Crippen LogP contribution in [-0.2, 0) is 6.42 Å². The molecule has 0 aliphatic carbocycles. The summed E-state index contributed by atoms with van der Waals surface area (Å²) in [7, 11) is 0. The minimum absolute atomic E-state index is 0.305. The molecular weight excluding hydrogens is 406 g/mol. The van der Waals surface area contributed by atoms with Gasteiger partial charge in [0.05, 0.1) is 6.20 Å². The fraction of sp³-hybridized carbons (Fsp3) is 0.517. The number of unbranched alkanes of at least 4 members (excludes halogenated alkanes) is 11. The van der Waals surface area contributed by atoms with Crippen LogP contribution in [0.15, 0.2) is 48.7 Å². The van der Waals surface area contributed by atoms with E-state index in [0.29, 0.717) is 11.4 Å². The lowest BCUT2D eigenvalue weighted by Gasteiger charge is -2.11. The molecule has 0 radical (unpaired) electrons. The summed E-state index contributed by atoms with van der Waals surface area (Å²) in [4.78, 5) is 1.55. The molecule has 1 heterocycles. The second-order valence-electron chi connectivity index (χ2n) is 9.32. The van der Waals surface area contributed by atoms with Gasteiger partial charge in [-0.25, -0.2) is 0 Å². The fourth-order valence-corrected chi connectivity index (χ4v) is 4.45. The van der Waals surface area contributed by atoms with Crippen LogP contribution in [0.2, 0.25) is 0 Å². The van der Waals surface area contributed by atoms with Crippen molar-refractivity contribution in [2.45, 2.75) is 97.3 Å². The maximum Gasteiger partial charge on any atom is 0.146 e. The monoisotopic (exact) mass is 447 g/mol. The molecule has 0 amide bonds. The molecule has 1 N–H and O–H groups in total. The van der Waals surface area contributed by atoms with Crippen LogP contribution in [-0.4, -0.2) is 20.1 Å². The Morgan fingerprint density at radius 3 is 2.03 bits per heavy atom. The molecule has 0 bridgehead atoms. The molecule has 0 fully saturated rings. The van der Waals surface area contributed by atoms with E-state index in [-0.39, 0.29) is 0 Å². The van der Waals surface area contributed by atoms with Crippen LogP contribution in [0, 0.1) is 6.92 Å². The van der Waals surface area contributed by atoms with E-state index in [9.17, 15) is 5.11 Å². The molecule has 4 nitrogen and oxygen atoms in total. The Balaban J connectivity index is 1.44. The Bertz CT molecular complexity index is 949. The molecule has 0 saturated heterocycles. The third-order valence-electron chi connectivity index (χ3n) is 6.39. The summed E-state index contributed by atoms with van der Waals surface area (Å²) in [5, 5.41) is 19.9. The van der Waals surface area contributed by atoms with Crippen LogP contribution in [0.5, 0.6) is 5.75 Å². The predicted molar refractivity (Wildman–Crippen MR) is 138 cm³/mol. The quantitative estimate of drug-likeness (QED) is 0.239. The van der Waals surface area contributed by atoms with Crippen molar-refractivity contribution in [3.63, 3.8) is 0 Å². The molecule has 0 spiro atoms. The van der Waals surface area contributed by atoms with Crippen molar-refractivity contribution in [3.8, 4) is 22.7 Å². The van der Waals surface area contributed by atoms with Crippen LogP contribution >= 0.6 is 0 Å². The number of aromatic nitrogens is 3. The smallest absolute Gasteiger partial charge is 0.146 e. The summed E-state index contributed by atoms with van der Waals surface area (Å²) in [5.41, 5.74) is 4.60. The number of phenolic OH excluding ortho intramolecular Hbond substituents is 1. The second kappa shape index (κ2) is 13.8. The van der Waals surface area contributed by atoms with E-state index in [1.807, 2.05) is 36.4 Å². The van der Waals surface area contributed by atoms with Crippen LogP contribution in [0.1, 0.15) is 95.1 Å². The molecule has 3 rings (SSSR count). The predicted octanol–water partition coefficient (Wildman–Crippen LogP) is 8.19. The summed E-state index contributed by atoms with van der Waals surface area (Å²) >= 11 is 0. The minimum Gasteiger partial charge on any atom is -0.505 e. The highest BCUT2D eigenvalue weighted by molar-refractivity contribution is 5.58. The average molecular weight is 448 g/mol. The molecule has 33 heavy (non-hydrogen) atoms. The van der Waals surface area contributed by atoms with Gasteiger partial charge in [0.1, 0.15) is 17.1 Å². The molecule has 0 unspecified atom stereocenters. The summed E-state index contributed by atoms with van der Waals surface area (Å²) in [6.45, 7) is 4.34. The zero-order valence-corrected chi connectivity index (χ0v) is 20.6. The summed E-state index contributed by atoms with van der Waals surface area (Å²) in [5.74, 6) is 0.305. The molecule has 0 aliphatic rings. The van der Waals surface area contributed by atoms with Crippen LogP contribution in [0.25, 0.3) is 16.9 Å². The third kappa shape index (κ3) is 8.03. The first-order chi connectivity index (χ1) is 16.2. The number of rotatable bonds is 15. The maximum absolute atomic E-state index is 10.9. The van der Waals surface area contributed by atoms with Crippen molar-refractivity contribution in [2.24, 2.45) is 0 Å². The van der Waals surface area contributed by atoms with Gasteiger partial charge in [-0.2, -0.15) is 5.10 Å². The molecular formula is C29H41N3O. The first-order valence-corrected chi connectivity index (χ1v) is 13.0. The molecule has 0 aliphatic heterocycles. The Kier molecular flexibility index (Phi) is 10.5. The maximum atomic E-state index is 10.9. The lowest BCUT2D eigenvalue weighted by Crippen LogP contribution is -2.02. The molecule has 3 aromatic rings. The highest BCUT2D eigenvalue weighted by Gasteiger charge is 2.13. The van der Waals surface area contributed by atoms with Crippen LogP contribution in [0.3, 0.4) is 0 Å². The van der Waals surface area contributed by atoms with Gasteiger partial charge in [-0.05, 0) is 37.0 Å². The van der Waals surface area contributed by atoms with Gasteiger partial charge in [-0.15, -0.1) is 9.90 Å².